The molecule has 5 nitrogen and oxygen atoms in total. The molecular formula is C19H19F6NO4S. The Bertz CT molecular complexity index is 1030. The third-order valence-corrected chi connectivity index (χ3v) is 4.98. The molecule has 0 saturated heterocycles. The Morgan fingerprint density at radius 1 is 1.00 bits per heavy atom. The van der Waals surface area contributed by atoms with Crippen molar-refractivity contribution in [2.45, 2.75) is 50.9 Å². The van der Waals surface area contributed by atoms with Gasteiger partial charge < -0.3 is 8.92 Å². The number of hydrogen-bond acceptors (Lipinski definition) is 5. The highest BCUT2D eigenvalue weighted by Crippen LogP contribution is 2.39. The lowest BCUT2D eigenvalue weighted by molar-refractivity contribution is -0.137. The van der Waals surface area contributed by atoms with E-state index in [2.05, 4.69) is 9.17 Å². The Balaban J connectivity index is 2.66. The maximum Gasteiger partial charge on any atom is 0.534 e. The summed E-state index contributed by atoms with van der Waals surface area (Å²) >= 11 is 0. The Kier molecular flexibility index (Phi) is 6.84. The van der Waals surface area contributed by atoms with Crippen LogP contribution in [0.3, 0.4) is 0 Å². The van der Waals surface area contributed by atoms with Gasteiger partial charge in [0.1, 0.15) is 5.60 Å². The van der Waals surface area contributed by atoms with E-state index >= 15 is 0 Å². The highest BCUT2D eigenvalue weighted by Gasteiger charge is 2.48. The molecule has 0 bridgehead atoms. The Morgan fingerprint density at radius 3 is 2.16 bits per heavy atom. The predicted octanol–water partition coefficient (Wildman–Crippen LogP) is 5.95. The monoisotopic (exact) mass is 471 g/mol. The second-order valence-electron chi connectivity index (χ2n) is 7.16. The predicted molar refractivity (Wildman–Crippen MR) is 99.9 cm³/mol. The van der Waals surface area contributed by atoms with Gasteiger partial charge in [-0.1, -0.05) is 31.5 Å². The van der Waals surface area contributed by atoms with Crippen LogP contribution in [0.15, 0.2) is 36.4 Å². The summed E-state index contributed by atoms with van der Waals surface area (Å²) in [6.07, 6.45) is -3.65. The summed E-state index contributed by atoms with van der Waals surface area (Å²) in [4.78, 5) is 3.96. The van der Waals surface area contributed by atoms with Gasteiger partial charge in [-0.2, -0.15) is 34.8 Å². The van der Waals surface area contributed by atoms with Crippen molar-refractivity contribution in [1.82, 2.24) is 4.98 Å². The average molecular weight is 471 g/mol. The minimum Gasteiger partial charge on any atom is -0.472 e. The number of rotatable bonds is 7. The zero-order chi connectivity index (χ0) is 23.7. The summed E-state index contributed by atoms with van der Waals surface area (Å²) in [6, 6.07) is 5.66. The van der Waals surface area contributed by atoms with Crippen LogP contribution in [-0.4, -0.2) is 24.5 Å². The lowest BCUT2D eigenvalue weighted by Gasteiger charge is -2.26. The van der Waals surface area contributed by atoms with Crippen LogP contribution < -0.4 is 8.92 Å². The van der Waals surface area contributed by atoms with Crippen molar-refractivity contribution in [2.24, 2.45) is 0 Å². The van der Waals surface area contributed by atoms with Gasteiger partial charge in [0, 0.05) is 17.7 Å². The molecule has 1 aromatic carbocycles. The molecular weight excluding hydrogens is 452 g/mol. The van der Waals surface area contributed by atoms with E-state index in [1.54, 1.807) is 13.8 Å². The number of halogens is 6. The summed E-state index contributed by atoms with van der Waals surface area (Å²) in [6.45, 7) is 5.13. The fourth-order valence-corrected chi connectivity index (χ4v) is 3.23. The van der Waals surface area contributed by atoms with Crippen LogP contribution >= 0.6 is 0 Å². The number of alkyl halides is 6. The molecule has 0 amide bonds. The first-order chi connectivity index (χ1) is 14.1. The van der Waals surface area contributed by atoms with Crippen LogP contribution in [0, 0.1) is 0 Å². The summed E-state index contributed by atoms with van der Waals surface area (Å²) < 4.78 is 111. The molecule has 0 unspecified atom stereocenters. The molecule has 31 heavy (non-hydrogen) atoms. The SMILES string of the molecule is CCCC(C)(C)Oc1cc(OS(=O)(=O)C(F)(F)F)cc(-c2ccccc2C(F)(F)F)n1. The molecule has 0 radical (unpaired) electrons. The minimum atomic E-state index is -6.06. The van der Waals surface area contributed by atoms with Crippen LogP contribution in [0.2, 0.25) is 0 Å². The van der Waals surface area contributed by atoms with Crippen molar-refractivity contribution in [3.8, 4) is 22.9 Å². The fraction of sp³-hybridized carbons (Fsp3) is 0.421. The van der Waals surface area contributed by atoms with E-state index in [0.717, 1.165) is 24.3 Å². The normalized spacial score (nSPS) is 13.2. The van der Waals surface area contributed by atoms with Crippen LogP contribution in [0.4, 0.5) is 26.3 Å². The van der Waals surface area contributed by atoms with Gasteiger partial charge in [-0.25, -0.2) is 4.98 Å². The molecule has 2 aromatic rings. The van der Waals surface area contributed by atoms with E-state index in [4.69, 9.17) is 4.74 Å². The van der Waals surface area contributed by atoms with Gasteiger partial charge in [0.05, 0.1) is 11.3 Å². The van der Waals surface area contributed by atoms with E-state index in [9.17, 15) is 34.8 Å². The first-order valence-electron chi connectivity index (χ1n) is 8.94. The zero-order valence-electron chi connectivity index (χ0n) is 16.6. The smallest absolute Gasteiger partial charge is 0.472 e. The van der Waals surface area contributed by atoms with E-state index < -0.39 is 50.0 Å². The van der Waals surface area contributed by atoms with Crippen molar-refractivity contribution in [3.05, 3.63) is 42.0 Å². The highest BCUT2D eigenvalue weighted by atomic mass is 32.2. The van der Waals surface area contributed by atoms with E-state index in [0.29, 0.717) is 18.9 Å². The number of pyridine rings is 1. The molecule has 0 atom stereocenters. The van der Waals surface area contributed by atoms with E-state index in [-0.39, 0.29) is 5.88 Å². The summed E-state index contributed by atoms with van der Waals surface area (Å²) in [5, 5.41) is 0. The largest absolute Gasteiger partial charge is 0.534 e. The van der Waals surface area contributed by atoms with Gasteiger partial charge in [0.2, 0.25) is 5.88 Å². The zero-order valence-corrected chi connectivity index (χ0v) is 17.5. The maximum absolute atomic E-state index is 13.4. The van der Waals surface area contributed by atoms with Gasteiger partial charge in [0.25, 0.3) is 0 Å². The third kappa shape index (κ3) is 6.25. The van der Waals surface area contributed by atoms with Crippen LogP contribution in [0.5, 0.6) is 11.6 Å². The first-order valence-corrected chi connectivity index (χ1v) is 10.3. The lowest BCUT2D eigenvalue weighted by Crippen LogP contribution is -2.29. The van der Waals surface area contributed by atoms with Crippen molar-refractivity contribution in [3.63, 3.8) is 0 Å². The molecule has 1 heterocycles. The number of ether oxygens (including phenoxy) is 1. The van der Waals surface area contributed by atoms with E-state index in [1.165, 1.54) is 6.07 Å². The molecule has 0 spiro atoms. The summed E-state index contributed by atoms with van der Waals surface area (Å²) in [7, 11) is -6.06. The van der Waals surface area contributed by atoms with Crippen LogP contribution in [0.25, 0.3) is 11.3 Å². The molecule has 1 aromatic heterocycles. The Hall–Kier alpha value is -2.50. The average Bonchev–Trinajstić information content (AvgIpc) is 2.58. The van der Waals surface area contributed by atoms with Crippen molar-refractivity contribution in [2.75, 3.05) is 0 Å². The Labute approximate surface area is 175 Å². The van der Waals surface area contributed by atoms with Gasteiger partial charge in [-0.05, 0) is 26.3 Å². The Morgan fingerprint density at radius 2 is 1.61 bits per heavy atom. The van der Waals surface area contributed by atoms with E-state index in [1.807, 2.05) is 6.92 Å². The van der Waals surface area contributed by atoms with Crippen molar-refractivity contribution in [1.29, 1.82) is 0 Å². The minimum absolute atomic E-state index is 0.389. The standard InChI is InChI=1S/C19H19F6NO4S/c1-4-9-17(2,3)29-16-11-12(30-31(27,28)19(23,24)25)10-15(26-16)13-7-5-6-8-14(13)18(20,21)22/h5-8,10-11H,4,9H2,1-3H3. The highest BCUT2D eigenvalue weighted by molar-refractivity contribution is 7.88. The second kappa shape index (κ2) is 8.56. The molecule has 0 aliphatic rings. The lowest BCUT2D eigenvalue weighted by atomic mass is 10.0. The maximum atomic E-state index is 13.4. The molecule has 172 valence electrons. The number of nitrogens with zero attached hydrogens (tertiary/aromatic N) is 1. The molecule has 2 rings (SSSR count). The topological polar surface area (TPSA) is 65.5 Å². The first kappa shape index (κ1) is 24.8. The van der Waals surface area contributed by atoms with Gasteiger partial charge in [0.15, 0.2) is 5.75 Å². The summed E-state index contributed by atoms with van der Waals surface area (Å²) in [5.41, 5.74) is -8.68. The number of hydrogen-bond donors (Lipinski definition) is 0. The van der Waals surface area contributed by atoms with Crippen molar-refractivity contribution < 1.29 is 43.7 Å². The van der Waals surface area contributed by atoms with Crippen molar-refractivity contribution >= 4 is 10.1 Å². The van der Waals surface area contributed by atoms with Gasteiger partial charge >= 0.3 is 21.8 Å². The molecule has 0 N–H and O–H groups in total. The van der Waals surface area contributed by atoms with Gasteiger partial charge in [-0.15, -0.1) is 0 Å². The van der Waals surface area contributed by atoms with Crippen LogP contribution in [0.1, 0.15) is 39.2 Å². The van der Waals surface area contributed by atoms with Gasteiger partial charge in [-0.3, -0.25) is 0 Å². The molecule has 0 aliphatic heterocycles. The quantitative estimate of drug-likeness (QED) is 0.284. The fourth-order valence-electron chi connectivity index (χ4n) is 2.78. The number of aromatic nitrogens is 1. The molecule has 0 aliphatic carbocycles. The van der Waals surface area contributed by atoms with Crippen LogP contribution in [-0.2, 0) is 16.3 Å². The molecule has 12 heteroatoms. The second-order valence-corrected chi connectivity index (χ2v) is 8.70. The summed E-state index contributed by atoms with van der Waals surface area (Å²) in [5.74, 6) is -1.28. The number of benzene rings is 1. The molecule has 0 saturated carbocycles. The third-order valence-electron chi connectivity index (χ3n) is 4.01. The molecule has 0 fully saturated rings.